The summed E-state index contributed by atoms with van der Waals surface area (Å²) in [6.07, 6.45) is 8.74. The van der Waals surface area contributed by atoms with Gasteiger partial charge in [-0.2, -0.15) is 0 Å². The molecule has 1 N–H and O–H groups in total. The molecular formula is C29H25N3O3S. The molecule has 4 rings (SSSR count). The van der Waals surface area contributed by atoms with Crippen molar-refractivity contribution < 1.29 is 14.1 Å². The Balaban J connectivity index is 1.76. The molecule has 0 spiro atoms. The molecule has 2 heterocycles. The monoisotopic (exact) mass is 495 g/mol. The minimum absolute atomic E-state index is 0.132. The molecule has 1 atom stereocenters. The van der Waals surface area contributed by atoms with E-state index in [1.165, 1.54) is 12.1 Å². The first kappa shape index (κ1) is 24.8. The molecule has 0 aliphatic carbocycles. The molecule has 7 heteroatoms. The number of aryl methyl sites for hydroxylation is 1. The summed E-state index contributed by atoms with van der Waals surface area (Å²) in [6.45, 7) is 9.79. The largest absolute Gasteiger partial charge is 0.478 e. The molecule has 0 fully saturated rings. The summed E-state index contributed by atoms with van der Waals surface area (Å²) in [7, 11) is -1.66. The second-order valence-electron chi connectivity index (χ2n) is 8.02. The fourth-order valence-corrected chi connectivity index (χ4v) is 5.07. The first-order chi connectivity index (χ1) is 17.4. The van der Waals surface area contributed by atoms with Crippen molar-refractivity contribution in [2.45, 2.75) is 18.4 Å². The third kappa shape index (κ3) is 5.16. The van der Waals surface area contributed by atoms with Crippen LogP contribution in [0.5, 0.6) is 0 Å². The minimum Gasteiger partial charge on any atom is -0.478 e. The van der Waals surface area contributed by atoms with Crippen molar-refractivity contribution in [2.24, 2.45) is 0 Å². The number of pyridine rings is 2. The first-order valence-electron chi connectivity index (χ1n) is 11.2. The van der Waals surface area contributed by atoms with Gasteiger partial charge in [0.05, 0.1) is 22.7 Å². The fraction of sp³-hybridized carbons (Fsp3) is 0.0690. The van der Waals surface area contributed by atoms with E-state index in [4.69, 9.17) is 0 Å². The maximum atomic E-state index is 13.8. The standard InChI is InChI=1S/C29H25N3O3S/c1-4-8-22(5-2)27-16-11-21(17-30-27)19-32(36(35)25-14-12-23(13-15-25)29(33)34)28-20(3)26-10-7-6-9-24(26)18-31-28/h4-18H,1-2,19H2,3H3,(H,33,34)/b22-8+. The van der Waals surface area contributed by atoms with Gasteiger partial charge in [-0.1, -0.05) is 61.7 Å². The second kappa shape index (κ2) is 10.9. The summed E-state index contributed by atoms with van der Waals surface area (Å²) >= 11 is 0. The van der Waals surface area contributed by atoms with E-state index >= 15 is 0 Å². The normalized spacial score (nSPS) is 12.2. The summed E-state index contributed by atoms with van der Waals surface area (Å²) in [4.78, 5) is 21.0. The van der Waals surface area contributed by atoms with E-state index in [1.807, 2.05) is 49.4 Å². The van der Waals surface area contributed by atoms with Crippen LogP contribution in [-0.4, -0.2) is 25.3 Å². The third-order valence-corrected chi connectivity index (χ3v) is 7.11. The van der Waals surface area contributed by atoms with Crippen LogP contribution in [0.3, 0.4) is 0 Å². The molecule has 2 aromatic heterocycles. The van der Waals surface area contributed by atoms with Crippen LogP contribution < -0.4 is 4.31 Å². The highest BCUT2D eigenvalue weighted by molar-refractivity contribution is 7.86. The number of hydrogen-bond acceptors (Lipinski definition) is 4. The van der Waals surface area contributed by atoms with Gasteiger partial charge in [0.1, 0.15) is 5.82 Å². The number of anilines is 1. The SMILES string of the molecule is C=C/C=C(\C=C)c1ccc(CN(c2ncc3ccccc3c2C)S(=O)c2ccc(C(=O)O)cc2)cn1. The van der Waals surface area contributed by atoms with E-state index in [2.05, 4.69) is 23.1 Å². The number of rotatable bonds is 9. The van der Waals surface area contributed by atoms with E-state index in [1.54, 1.807) is 41.0 Å². The summed E-state index contributed by atoms with van der Waals surface area (Å²) in [5.41, 5.74) is 3.47. The van der Waals surface area contributed by atoms with Crippen LogP contribution in [0.1, 0.15) is 27.2 Å². The highest BCUT2D eigenvalue weighted by Gasteiger charge is 2.22. The van der Waals surface area contributed by atoms with Crippen molar-refractivity contribution >= 4 is 39.1 Å². The lowest BCUT2D eigenvalue weighted by atomic mass is 10.1. The molecule has 0 radical (unpaired) electrons. The van der Waals surface area contributed by atoms with Crippen LogP contribution in [0.15, 0.2) is 109 Å². The number of hydrogen-bond donors (Lipinski definition) is 1. The highest BCUT2D eigenvalue weighted by Crippen LogP contribution is 2.30. The number of fused-ring (bicyclic) bond motifs is 1. The average molecular weight is 496 g/mol. The zero-order valence-corrected chi connectivity index (χ0v) is 20.6. The number of allylic oxidation sites excluding steroid dienone is 4. The lowest BCUT2D eigenvalue weighted by molar-refractivity contribution is 0.0697. The van der Waals surface area contributed by atoms with Crippen molar-refractivity contribution in [3.63, 3.8) is 0 Å². The van der Waals surface area contributed by atoms with Gasteiger partial charge in [-0.05, 0) is 53.8 Å². The molecular weight excluding hydrogens is 470 g/mol. The number of aromatic nitrogens is 2. The number of aromatic carboxylic acids is 1. The molecule has 1 unspecified atom stereocenters. The molecule has 0 bridgehead atoms. The number of carbonyl (C=O) groups is 1. The summed E-state index contributed by atoms with van der Waals surface area (Å²) in [5.74, 6) is -0.455. The zero-order valence-electron chi connectivity index (χ0n) is 19.8. The van der Waals surface area contributed by atoms with E-state index < -0.39 is 17.0 Å². The van der Waals surface area contributed by atoms with Gasteiger partial charge in [-0.15, -0.1) is 0 Å². The Kier molecular flexibility index (Phi) is 7.51. The Bertz CT molecular complexity index is 1490. The number of carboxylic acid groups (broad SMARTS) is 1. The molecule has 2 aromatic carbocycles. The van der Waals surface area contributed by atoms with Crippen LogP contribution in [0.25, 0.3) is 16.3 Å². The van der Waals surface area contributed by atoms with Crippen LogP contribution in [0, 0.1) is 6.92 Å². The molecule has 4 aromatic rings. The van der Waals surface area contributed by atoms with Crippen molar-refractivity contribution in [3.05, 3.63) is 127 Å². The van der Waals surface area contributed by atoms with Crippen LogP contribution in [0.2, 0.25) is 0 Å². The second-order valence-corrected chi connectivity index (χ2v) is 9.43. The van der Waals surface area contributed by atoms with E-state index in [0.29, 0.717) is 10.7 Å². The molecule has 0 saturated heterocycles. The molecule has 6 nitrogen and oxygen atoms in total. The van der Waals surface area contributed by atoms with Crippen molar-refractivity contribution in [1.82, 2.24) is 9.97 Å². The van der Waals surface area contributed by atoms with Crippen molar-refractivity contribution in [3.8, 4) is 0 Å². The topological polar surface area (TPSA) is 83.4 Å². The maximum absolute atomic E-state index is 13.8. The predicted molar refractivity (Wildman–Crippen MR) is 145 cm³/mol. The van der Waals surface area contributed by atoms with Gasteiger partial charge in [0, 0.05) is 23.3 Å². The number of nitrogens with zero attached hydrogens (tertiary/aromatic N) is 3. The lowest BCUT2D eigenvalue weighted by Crippen LogP contribution is -2.27. The third-order valence-electron chi connectivity index (χ3n) is 5.73. The Morgan fingerprint density at radius 3 is 2.42 bits per heavy atom. The van der Waals surface area contributed by atoms with Crippen molar-refractivity contribution in [1.29, 1.82) is 0 Å². The van der Waals surface area contributed by atoms with E-state index in [0.717, 1.165) is 33.2 Å². The number of carboxylic acids is 1. The first-order valence-corrected chi connectivity index (χ1v) is 12.3. The predicted octanol–water partition coefficient (Wildman–Crippen LogP) is 6.12. The number of benzene rings is 2. The Labute approximate surface area is 212 Å². The quantitative estimate of drug-likeness (QED) is 0.283. The molecule has 0 aliphatic rings. The lowest BCUT2D eigenvalue weighted by Gasteiger charge is -2.25. The maximum Gasteiger partial charge on any atom is 0.335 e. The molecule has 0 amide bonds. The smallest absolute Gasteiger partial charge is 0.335 e. The zero-order chi connectivity index (χ0) is 25.7. The fourth-order valence-electron chi connectivity index (χ4n) is 3.84. The Hall–Kier alpha value is -4.36. The molecule has 0 saturated carbocycles. The van der Waals surface area contributed by atoms with Gasteiger partial charge in [-0.3, -0.25) is 9.29 Å². The summed E-state index contributed by atoms with van der Waals surface area (Å²) < 4.78 is 15.5. The van der Waals surface area contributed by atoms with E-state index in [-0.39, 0.29) is 12.1 Å². The summed E-state index contributed by atoms with van der Waals surface area (Å²) in [5, 5.41) is 11.2. The molecule has 36 heavy (non-hydrogen) atoms. The van der Waals surface area contributed by atoms with Gasteiger partial charge >= 0.3 is 5.97 Å². The summed E-state index contributed by atoms with van der Waals surface area (Å²) in [6, 6.07) is 17.8. The Morgan fingerprint density at radius 1 is 1.03 bits per heavy atom. The minimum atomic E-state index is -1.66. The van der Waals surface area contributed by atoms with Crippen molar-refractivity contribution in [2.75, 3.05) is 4.31 Å². The van der Waals surface area contributed by atoms with Gasteiger partial charge in [0.25, 0.3) is 0 Å². The Morgan fingerprint density at radius 2 is 1.78 bits per heavy atom. The van der Waals surface area contributed by atoms with Crippen LogP contribution >= 0.6 is 0 Å². The van der Waals surface area contributed by atoms with Crippen LogP contribution in [-0.2, 0) is 17.5 Å². The molecule has 0 aliphatic heterocycles. The van der Waals surface area contributed by atoms with Gasteiger partial charge in [0.2, 0.25) is 0 Å². The molecule has 180 valence electrons. The van der Waals surface area contributed by atoms with Gasteiger partial charge < -0.3 is 5.11 Å². The van der Waals surface area contributed by atoms with Crippen LogP contribution in [0.4, 0.5) is 5.82 Å². The van der Waals surface area contributed by atoms with Gasteiger partial charge in [-0.25, -0.2) is 14.0 Å². The van der Waals surface area contributed by atoms with Gasteiger partial charge in [0.15, 0.2) is 11.0 Å². The van der Waals surface area contributed by atoms with E-state index in [9.17, 15) is 14.1 Å². The highest BCUT2D eigenvalue weighted by atomic mass is 32.2. The average Bonchev–Trinajstić information content (AvgIpc) is 2.91.